The zero-order valence-corrected chi connectivity index (χ0v) is 33.9. The van der Waals surface area contributed by atoms with Gasteiger partial charge in [-0.1, -0.05) is 19.7 Å². The Bertz CT molecular complexity index is 1320. The van der Waals surface area contributed by atoms with E-state index in [-0.39, 0.29) is 120 Å². The first-order valence-electron chi connectivity index (χ1n) is 17.5. The van der Waals surface area contributed by atoms with Crippen molar-refractivity contribution in [3.8, 4) is 0 Å². The van der Waals surface area contributed by atoms with Crippen molar-refractivity contribution in [3.63, 3.8) is 0 Å². The van der Waals surface area contributed by atoms with E-state index in [2.05, 4.69) is 19.7 Å². The van der Waals surface area contributed by atoms with Crippen LogP contribution in [0.1, 0.15) is 61.3 Å². The second-order valence-corrected chi connectivity index (χ2v) is 11.2. The summed E-state index contributed by atoms with van der Waals surface area (Å²) in [5.74, 6) is -6.67. The van der Waals surface area contributed by atoms with Gasteiger partial charge in [-0.15, -0.1) is 0 Å². The van der Waals surface area contributed by atoms with Crippen molar-refractivity contribution in [3.05, 3.63) is 36.5 Å². The van der Waals surface area contributed by atoms with E-state index in [4.69, 9.17) is 42.6 Å². The summed E-state index contributed by atoms with van der Waals surface area (Å²) in [5, 5.41) is 0. The van der Waals surface area contributed by atoms with Gasteiger partial charge < -0.3 is 42.6 Å². The van der Waals surface area contributed by atoms with Gasteiger partial charge in [-0.25, -0.2) is 14.4 Å². The Morgan fingerprint density at radius 2 is 0.702 bits per heavy atom. The van der Waals surface area contributed by atoms with Gasteiger partial charge in [0, 0.05) is 0 Å². The quantitative estimate of drug-likeness (QED) is 0.0358. The zero-order chi connectivity index (χ0) is 44.3. The van der Waals surface area contributed by atoms with E-state index in [1.54, 1.807) is 20.8 Å². The largest absolute Gasteiger partial charge is 0.463 e. The molecule has 0 unspecified atom stereocenters. The fraction of sp³-hybridized carbons (Fsp3) is 0.579. The van der Waals surface area contributed by atoms with Gasteiger partial charge in [0.2, 0.25) is 0 Å². The van der Waals surface area contributed by atoms with Crippen LogP contribution in [0.3, 0.4) is 0 Å². The summed E-state index contributed by atoms with van der Waals surface area (Å²) in [6, 6.07) is 0. The average Bonchev–Trinajstić information content (AvgIpc) is 3.10. The summed E-state index contributed by atoms with van der Waals surface area (Å²) < 4.78 is 43.5. The van der Waals surface area contributed by atoms with Crippen molar-refractivity contribution in [2.24, 2.45) is 5.92 Å². The SMILES string of the molecule is C=C(COCCOC(=O)C(C(C)=O)C(C)=O)C(=O)OCC.C=C(COCCOC(=O)CC(C)=O)C(=O)OCC.C=C(COCCOC(=O)CC(C)=O)C(=O)OCC. The monoisotopic (exact) mass is 816 g/mol. The minimum absolute atomic E-state index is 0.00664. The first-order chi connectivity index (χ1) is 26.7. The summed E-state index contributed by atoms with van der Waals surface area (Å²) in [6.45, 7) is 21.4. The Kier molecular flexibility index (Phi) is 34.4. The topological polar surface area (TPSA) is 254 Å². The number of hydrogen-bond donors (Lipinski definition) is 0. The normalized spacial score (nSPS) is 9.82. The van der Waals surface area contributed by atoms with Crippen molar-refractivity contribution in [1.82, 2.24) is 0 Å². The molecule has 0 radical (unpaired) electrons. The number of carbonyl (C=O) groups is 10. The number of rotatable bonds is 28. The molecule has 0 N–H and O–H groups in total. The van der Waals surface area contributed by atoms with Crippen LogP contribution in [0.15, 0.2) is 36.5 Å². The lowest BCUT2D eigenvalue weighted by atomic mass is 10.0. The first-order valence-corrected chi connectivity index (χ1v) is 17.5. The van der Waals surface area contributed by atoms with E-state index in [1.807, 2.05) is 0 Å². The second-order valence-electron chi connectivity index (χ2n) is 11.2. The van der Waals surface area contributed by atoms with Crippen molar-refractivity contribution in [2.75, 3.05) is 79.3 Å². The number of carbonyl (C=O) groups excluding carboxylic acids is 10. The molecule has 0 rings (SSSR count). The van der Waals surface area contributed by atoms with Gasteiger partial charge in [0.15, 0.2) is 17.5 Å². The van der Waals surface area contributed by atoms with Gasteiger partial charge in [-0.05, 0) is 48.5 Å². The maximum absolute atomic E-state index is 11.5. The van der Waals surface area contributed by atoms with Crippen molar-refractivity contribution in [2.45, 2.75) is 61.3 Å². The highest BCUT2D eigenvalue weighted by molar-refractivity contribution is 6.15. The molecular formula is C38H56O19. The minimum Gasteiger partial charge on any atom is -0.463 e. The molecule has 57 heavy (non-hydrogen) atoms. The molecule has 0 aliphatic carbocycles. The standard InChI is InChI=1S/C14H20O7.2C12H18O6/c1-5-20-13(17)9(2)8-19-6-7-21-14(18)12(10(3)15)11(4)16;2*1-4-17-12(15)9(2)8-16-5-6-18-11(14)7-10(3)13/h12H,2,5-8H2,1,3-4H3;2*2,4-8H2,1,3H3. The van der Waals surface area contributed by atoms with Crippen molar-refractivity contribution < 1.29 is 90.6 Å². The van der Waals surface area contributed by atoms with Crippen LogP contribution >= 0.6 is 0 Å². The van der Waals surface area contributed by atoms with Crippen LogP contribution < -0.4 is 0 Å². The molecule has 0 aromatic heterocycles. The van der Waals surface area contributed by atoms with Gasteiger partial charge >= 0.3 is 35.8 Å². The number of ether oxygens (including phenoxy) is 9. The highest BCUT2D eigenvalue weighted by Gasteiger charge is 2.29. The maximum Gasteiger partial charge on any atom is 0.335 e. The Hall–Kier alpha value is -5.40. The molecule has 0 atom stereocenters. The van der Waals surface area contributed by atoms with Gasteiger partial charge in [-0.3, -0.25) is 33.6 Å². The maximum atomic E-state index is 11.5. The number of hydrogen-bond acceptors (Lipinski definition) is 19. The molecule has 19 heteroatoms. The van der Waals surface area contributed by atoms with E-state index >= 15 is 0 Å². The molecule has 0 amide bonds. The van der Waals surface area contributed by atoms with Gasteiger partial charge in [0.05, 0.1) is 76.2 Å². The van der Waals surface area contributed by atoms with Gasteiger partial charge in [0.1, 0.15) is 44.2 Å². The van der Waals surface area contributed by atoms with Crippen LogP contribution in [0.25, 0.3) is 0 Å². The van der Waals surface area contributed by atoms with Crippen LogP contribution in [-0.4, -0.2) is 138 Å². The van der Waals surface area contributed by atoms with Crippen LogP contribution in [0, 0.1) is 5.92 Å². The Labute approximate surface area is 332 Å². The molecule has 0 aliphatic rings. The average molecular weight is 817 g/mol. The zero-order valence-electron chi connectivity index (χ0n) is 33.9. The molecule has 0 aromatic carbocycles. The van der Waals surface area contributed by atoms with Crippen molar-refractivity contribution >= 4 is 58.9 Å². The molecule has 322 valence electrons. The van der Waals surface area contributed by atoms with E-state index in [0.29, 0.717) is 0 Å². The lowest BCUT2D eigenvalue weighted by Crippen LogP contribution is -2.31. The number of ketones is 4. The van der Waals surface area contributed by atoms with E-state index < -0.39 is 53.3 Å². The number of esters is 6. The third-order valence-corrected chi connectivity index (χ3v) is 5.81. The molecule has 0 saturated carbocycles. The highest BCUT2D eigenvalue weighted by atomic mass is 16.6. The molecule has 0 bridgehead atoms. The van der Waals surface area contributed by atoms with Gasteiger partial charge in [-0.2, -0.15) is 0 Å². The molecular weight excluding hydrogens is 760 g/mol. The lowest BCUT2D eigenvalue weighted by Gasteiger charge is -2.11. The predicted octanol–water partition coefficient (Wildman–Crippen LogP) is 1.75. The first kappa shape index (κ1) is 55.9. The Morgan fingerprint density at radius 3 is 0.947 bits per heavy atom. The summed E-state index contributed by atoms with van der Waals surface area (Å²) in [4.78, 5) is 110. The van der Waals surface area contributed by atoms with Crippen LogP contribution in [-0.2, 0) is 90.6 Å². The van der Waals surface area contributed by atoms with E-state index in [1.165, 1.54) is 13.8 Å². The third-order valence-electron chi connectivity index (χ3n) is 5.81. The molecule has 19 nitrogen and oxygen atoms in total. The fourth-order valence-electron chi connectivity index (χ4n) is 3.30. The fourth-order valence-corrected chi connectivity index (χ4v) is 3.30. The molecule has 0 heterocycles. The summed E-state index contributed by atoms with van der Waals surface area (Å²) in [6.07, 6.45) is -0.481. The minimum atomic E-state index is -1.39. The second kappa shape index (κ2) is 35.0. The van der Waals surface area contributed by atoms with Crippen molar-refractivity contribution in [1.29, 1.82) is 0 Å². The van der Waals surface area contributed by atoms with Crippen LogP contribution in [0.4, 0.5) is 0 Å². The molecule has 0 spiro atoms. The molecule has 0 aliphatic heterocycles. The van der Waals surface area contributed by atoms with Crippen LogP contribution in [0.2, 0.25) is 0 Å². The molecule has 0 aromatic rings. The highest BCUT2D eigenvalue weighted by Crippen LogP contribution is 2.04. The Morgan fingerprint density at radius 1 is 0.421 bits per heavy atom. The summed E-state index contributed by atoms with van der Waals surface area (Å²) >= 11 is 0. The molecule has 0 fully saturated rings. The lowest BCUT2D eigenvalue weighted by molar-refractivity contribution is -0.156. The summed E-state index contributed by atoms with van der Waals surface area (Å²) in [7, 11) is 0. The molecule has 0 saturated heterocycles. The summed E-state index contributed by atoms with van der Waals surface area (Å²) in [5.41, 5.74) is 0.548. The third kappa shape index (κ3) is 33.6. The van der Waals surface area contributed by atoms with Gasteiger partial charge in [0.25, 0.3) is 0 Å². The van der Waals surface area contributed by atoms with Crippen LogP contribution in [0.5, 0.6) is 0 Å². The Balaban J connectivity index is -0.000000771. The predicted molar refractivity (Wildman–Crippen MR) is 198 cm³/mol. The van der Waals surface area contributed by atoms with E-state index in [0.717, 1.165) is 13.8 Å². The van der Waals surface area contributed by atoms with E-state index in [9.17, 15) is 47.9 Å². The number of Topliss-reactive ketones (excluding diaryl/α,β-unsaturated/α-hetero) is 4. The smallest absolute Gasteiger partial charge is 0.335 e.